The normalized spacial score (nSPS) is 11.1. The number of nitrogens with one attached hydrogen (secondary N) is 5. The highest BCUT2D eigenvalue weighted by Gasteiger charge is 2.27. The van der Waals surface area contributed by atoms with E-state index in [9.17, 15) is 37.5 Å². The van der Waals surface area contributed by atoms with Gasteiger partial charge in [0.25, 0.3) is 11.1 Å². The molecular weight excluding hydrogens is 967 g/mol. The maximum absolute atomic E-state index is 16.1. The number of nitrogens with zero attached hydrogens (tertiary/aromatic N) is 5. The van der Waals surface area contributed by atoms with Gasteiger partial charge in [0.1, 0.15) is 47.3 Å². The van der Waals surface area contributed by atoms with Crippen molar-refractivity contribution in [3.8, 4) is 22.3 Å². The molecule has 72 heavy (non-hydrogen) atoms. The summed E-state index contributed by atoms with van der Waals surface area (Å²) < 4.78 is 77.1. The Balaban J connectivity index is 1.11. The molecule has 0 saturated heterocycles. The highest BCUT2D eigenvalue weighted by molar-refractivity contribution is 6.33. The molecule has 0 bridgehead atoms. The molecule has 4 aromatic heterocycles. The van der Waals surface area contributed by atoms with E-state index in [4.69, 9.17) is 11.6 Å². The summed E-state index contributed by atoms with van der Waals surface area (Å²) in [6, 6.07) is 17.2. The van der Waals surface area contributed by atoms with Crippen LogP contribution in [0.2, 0.25) is 5.02 Å². The molecule has 366 valence electrons. The fourth-order valence-electron chi connectivity index (χ4n) is 7.89. The quantitative estimate of drug-likeness (QED) is 0.0744. The van der Waals surface area contributed by atoms with E-state index in [0.717, 1.165) is 30.3 Å². The maximum Gasteiger partial charge on any atom is 0.326 e. The molecule has 0 saturated carbocycles. The van der Waals surface area contributed by atoms with Crippen LogP contribution >= 0.6 is 11.6 Å². The molecule has 22 heteroatoms. The van der Waals surface area contributed by atoms with Gasteiger partial charge in [0.05, 0.1) is 33.0 Å². The molecule has 4 heterocycles. The van der Waals surface area contributed by atoms with Gasteiger partial charge in [-0.25, -0.2) is 41.5 Å². The number of amides is 6. The average Bonchev–Trinajstić information content (AvgIpc) is 3.31. The van der Waals surface area contributed by atoms with Crippen molar-refractivity contribution in [1.29, 1.82) is 0 Å². The lowest BCUT2D eigenvalue weighted by Gasteiger charge is -2.24. The third-order valence-corrected chi connectivity index (χ3v) is 11.4. The Morgan fingerprint density at radius 3 is 1.76 bits per heavy atom. The first-order valence-corrected chi connectivity index (χ1v) is 22.1. The Bertz CT molecular complexity index is 3630. The molecule has 0 aliphatic heterocycles. The first-order valence-electron chi connectivity index (χ1n) is 21.7. The lowest BCUT2D eigenvalue weighted by atomic mass is 10.0. The van der Waals surface area contributed by atoms with Crippen LogP contribution in [0.5, 0.6) is 0 Å². The third kappa shape index (κ3) is 10.5. The van der Waals surface area contributed by atoms with Crippen LogP contribution in [0.1, 0.15) is 20.8 Å². The van der Waals surface area contributed by atoms with Gasteiger partial charge in [-0.1, -0.05) is 29.8 Å². The molecule has 0 atom stereocenters. The van der Waals surface area contributed by atoms with Crippen molar-refractivity contribution in [1.82, 2.24) is 19.1 Å². The predicted molar refractivity (Wildman–Crippen MR) is 264 cm³/mol. The Morgan fingerprint density at radius 2 is 1.18 bits per heavy atom. The van der Waals surface area contributed by atoms with E-state index in [1.54, 1.807) is 32.0 Å². The van der Waals surface area contributed by atoms with Gasteiger partial charge in [-0.15, -0.1) is 0 Å². The van der Waals surface area contributed by atoms with Gasteiger partial charge in [0, 0.05) is 95.5 Å². The molecule has 0 aliphatic carbocycles. The van der Waals surface area contributed by atoms with Crippen molar-refractivity contribution in [3.63, 3.8) is 0 Å². The molecular formula is C50H38ClF5N10O6. The molecule has 0 spiro atoms. The number of hydrogen-bond acceptors (Lipinski definition) is 8. The average molecular weight is 1010 g/mol. The molecule has 0 radical (unpaired) electrons. The van der Waals surface area contributed by atoms with Crippen LogP contribution in [-0.4, -0.2) is 49.5 Å². The van der Waals surface area contributed by atoms with Crippen LogP contribution in [0.3, 0.4) is 0 Å². The Kier molecular flexibility index (Phi) is 14.1. The number of aryl methyl sites for hydroxylation is 2. The summed E-state index contributed by atoms with van der Waals surface area (Å²) in [4.78, 5) is 89.7. The third-order valence-electron chi connectivity index (χ3n) is 11.1. The number of aromatic nitrogens is 4. The van der Waals surface area contributed by atoms with Crippen LogP contribution in [0.4, 0.5) is 65.9 Å². The second-order valence-corrected chi connectivity index (χ2v) is 16.3. The van der Waals surface area contributed by atoms with E-state index in [1.165, 1.54) is 64.8 Å². The minimum absolute atomic E-state index is 0.00681. The van der Waals surface area contributed by atoms with Crippen LogP contribution in [0, 0.1) is 29.1 Å². The first-order chi connectivity index (χ1) is 34.4. The number of urea groups is 2. The second kappa shape index (κ2) is 20.5. The maximum atomic E-state index is 16.1. The van der Waals surface area contributed by atoms with Crippen LogP contribution in [0.15, 0.2) is 119 Å². The smallest absolute Gasteiger partial charge is 0.311 e. The summed E-state index contributed by atoms with van der Waals surface area (Å²) in [6.45, 7) is 3.85. The zero-order chi connectivity index (χ0) is 51.5. The zero-order valence-electron chi connectivity index (χ0n) is 38.0. The van der Waals surface area contributed by atoms with Crippen molar-refractivity contribution in [3.05, 3.63) is 164 Å². The number of carbonyl (C=O) groups excluding carboxylic acids is 4. The summed E-state index contributed by atoms with van der Waals surface area (Å²) in [5.74, 6) is -6.62. The predicted octanol–water partition coefficient (Wildman–Crippen LogP) is 10.1. The molecule has 4 aromatic carbocycles. The fraction of sp³-hybridized carbons (Fsp3) is 0.120. The fourth-order valence-corrected chi connectivity index (χ4v) is 8.15. The van der Waals surface area contributed by atoms with E-state index in [2.05, 4.69) is 36.6 Å². The van der Waals surface area contributed by atoms with Gasteiger partial charge in [0.15, 0.2) is 0 Å². The number of rotatable bonds is 12. The monoisotopic (exact) mass is 1000 g/mol. The van der Waals surface area contributed by atoms with Gasteiger partial charge in [-0.05, 0) is 68.4 Å². The van der Waals surface area contributed by atoms with Crippen molar-refractivity contribution < 1.29 is 41.1 Å². The van der Waals surface area contributed by atoms with E-state index < -0.39 is 87.6 Å². The number of para-hydroxylation sites is 1. The molecule has 6 amide bonds. The highest BCUT2D eigenvalue weighted by Crippen LogP contribution is 2.34. The largest absolute Gasteiger partial charge is 0.326 e. The summed E-state index contributed by atoms with van der Waals surface area (Å²) in [5, 5.41) is 12.6. The van der Waals surface area contributed by atoms with Crippen molar-refractivity contribution in [2.24, 2.45) is 0 Å². The second-order valence-electron chi connectivity index (χ2n) is 15.9. The topological polar surface area (TPSA) is 201 Å². The van der Waals surface area contributed by atoms with Crippen LogP contribution in [0.25, 0.3) is 44.1 Å². The van der Waals surface area contributed by atoms with E-state index in [1.807, 2.05) is 0 Å². The SMILES string of the molecule is CCn1c(=O)c(-c2cc(N(CC(=O)Nc3cc4c(cn3)cc(-c3cc(NC(=O)Nc5cc(F)cc(F)c5)c(F)cc3Cl)c(=O)n4CC)C(=O)Nc3ccccc3)c(F)cc2F)cc2cnc(NC(C)=O)cc21. The van der Waals surface area contributed by atoms with Crippen molar-refractivity contribution in [2.75, 3.05) is 38.0 Å². The van der Waals surface area contributed by atoms with Gasteiger partial charge < -0.3 is 35.7 Å². The summed E-state index contributed by atoms with van der Waals surface area (Å²) in [7, 11) is 0. The van der Waals surface area contributed by atoms with E-state index in [-0.39, 0.29) is 63.3 Å². The Morgan fingerprint density at radius 1 is 0.597 bits per heavy atom. The number of fused-ring (bicyclic) bond motifs is 2. The van der Waals surface area contributed by atoms with Gasteiger partial charge in [-0.2, -0.15) is 0 Å². The number of carbonyl (C=O) groups is 4. The van der Waals surface area contributed by atoms with Gasteiger partial charge in [-0.3, -0.25) is 24.1 Å². The first kappa shape index (κ1) is 49.4. The standard InChI is InChI=1S/C50H38ClF5N10O6/c1-4-64-42-21-45(58-23-26(42)11-34(47(64)69)32-16-40(38(55)18-36(32)51)62-49(71)60-31-14-28(52)13-29(53)15-31)63-46(68)24-66(50(72)61-30-9-7-6-8-10-30)43-17-33(37(54)19-39(43)56)35-12-27-22-57-44(59-25(3)67)20-41(27)65(5-2)48(35)70/h6-23H,4-5,24H2,1-3H3,(H,61,72)(H,57,59,67)(H,58,63,68)(H2,60,62,71). The number of anilines is 6. The minimum atomic E-state index is -1.26. The Hall–Kier alpha value is -8.98. The highest BCUT2D eigenvalue weighted by atomic mass is 35.5. The minimum Gasteiger partial charge on any atom is -0.311 e. The molecule has 16 nitrogen and oxygen atoms in total. The molecule has 5 N–H and O–H groups in total. The molecule has 0 unspecified atom stereocenters. The number of benzene rings is 4. The van der Waals surface area contributed by atoms with Crippen LogP contribution < -0.4 is 42.6 Å². The van der Waals surface area contributed by atoms with E-state index >= 15 is 13.2 Å². The lowest BCUT2D eigenvalue weighted by Crippen LogP contribution is -2.41. The summed E-state index contributed by atoms with van der Waals surface area (Å²) in [6.07, 6.45) is 2.67. The molecule has 0 fully saturated rings. The summed E-state index contributed by atoms with van der Waals surface area (Å²) in [5.41, 5.74) is -2.42. The van der Waals surface area contributed by atoms with Gasteiger partial charge in [0.2, 0.25) is 11.8 Å². The van der Waals surface area contributed by atoms with E-state index in [0.29, 0.717) is 33.3 Å². The number of pyridine rings is 4. The van der Waals surface area contributed by atoms with Gasteiger partial charge >= 0.3 is 12.1 Å². The van der Waals surface area contributed by atoms with Crippen LogP contribution in [-0.2, 0) is 22.7 Å². The number of halogens is 6. The lowest BCUT2D eigenvalue weighted by molar-refractivity contribution is -0.115. The summed E-state index contributed by atoms with van der Waals surface area (Å²) >= 11 is 6.44. The van der Waals surface area contributed by atoms with Crippen molar-refractivity contribution >= 4 is 91.7 Å². The molecule has 0 aliphatic rings. The Labute approximate surface area is 409 Å². The van der Waals surface area contributed by atoms with Crippen molar-refractivity contribution in [2.45, 2.75) is 33.9 Å². The molecule has 8 aromatic rings. The molecule has 8 rings (SSSR count). The number of hydrogen-bond donors (Lipinski definition) is 5. The zero-order valence-corrected chi connectivity index (χ0v) is 38.7.